The number of aryl methyl sites for hydroxylation is 1. The topological polar surface area (TPSA) is 58.3 Å². The lowest BCUT2D eigenvalue weighted by Gasteiger charge is -2.29. The maximum atomic E-state index is 6.60. The van der Waals surface area contributed by atoms with Crippen LogP contribution in [0.4, 0.5) is 0 Å². The zero-order valence-corrected chi connectivity index (χ0v) is 19.4. The Kier molecular flexibility index (Phi) is 5.37. The fraction of sp³-hybridized carbons (Fsp3) is 0.273. The largest absolute Gasteiger partial charge is 0.359 e. The Bertz CT molecular complexity index is 1220. The first-order valence-corrected chi connectivity index (χ1v) is 11.7. The van der Waals surface area contributed by atoms with Crippen molar-refractivity contribution in [3.63, 3.8) is 0 Å². The van der Waals surface area contributed by atoms with Crippen LogP contribution in [0, 0.1) is 6.92 Å². The molecular formula is C22H21ClN6S2. The summed E-state index contributed by atoms with van der Waals surface area (Å²) >= 11 is 14.0. The van der Waals surface area contributed by atoms with E-state index < -0.39 is 0 Å². The highest BCUT2D eigenvalue weighted by atomic mass is 35.5. The molecule has 158 valence electrons. The molecule has 0 bridgehead atoms. The standard InChI is InChI=1S/C22H21ClN6S2/c1-3-9-24-22(30)28-10-8-15-17(12-28)31-21-19(15)20(14-6-4-5-7-16(14)23)25-11-18-27-26-13(2)29(18)21/h3-7H,1,8-12H2,2H3,(H,24,30). The average molecular weight is 469 g/mol. The quantitative estimate of drug-likeness (QED) is 0.464. The molecule has 6 nitrogen and oxygen atoms in total. The number of benzene rings is 1. The molecule has 1 N–H and O–H groups in total. The van der Waals surface area contributed by atoms with Crippen molar-refractivity contribution < 1.29 is 0 Å². The van der Waals surface area contributed by atoms with Gasteiger partial charge in [-0.15, -0.1) is 28.1 Å². The van der Waals surface area contributed by atoms with Crippen LogP contribution in [0.5, 0.6) is 0 Å². The molecule has 0 amide bonds. The van der Waals surface area contributed by atoms with Crippen molar-refractivity contribution in [2.75, 3.05) is 13.1 Å². The molecule has 4 heterocycles. The van der Waals surface area contributed by atoms with Crippen LogP contribution in [0.1, 0.15) is 33.2 Å². The Hall–Kier alpha value is -2.55. The summed E-state index contributed by atoms with van der Waals surface area (Å²) in [6.07, 6.45) is 2.70. The van der Waals surface area contributed by atoms with E-state index in [4.69, 9.17) is 28.8 Å². The number of rotatable bonds is 3. The van der Waals surface area contributed by atoms with Gasteiger partial charge in [0.05, 0.1) is 12.3 Å². The Labute approximate surface area is 195 Å². The zero-order valence-electron chi connectivity index (χ0n) is 17.1. The number of aliphatic imine (C=N–C) groups is 1. The maximum Gasteiger partial charge on any atom is 0.169 e. The van der Waals surface area contributed by atoms with Gasteiger partial charge in [-0.05, 0) is 37.2 Å². The lowest BCUT2D eigenvalue weighted by atomic mass is 9.95. The second kappa shape index (κ2) is 8.18. The lowest BCUT2D eigenvalue weighted by molar-refractivity contribution is 0.394. The third-order valence-electron chi connectivity index (χ3n) is 5.56. The van der Waals surface area contributed by atoms with Crippen LogP contribution < -0.4 is 5.32 Å². The number of hydrogen-bond donors (Lipinski definition) is 1. The highest BCUT2D eigenvalue weighted by Gasteiger charge is 2.32. The van der Waals surface area contributed by atoms with E-state index in [0.29, 0.717) is 18.1 Å². The summed E-state index contributed by atoms with van der Waals surface area (Å²) in [5, 5.41) is 14.5. The van der Waals surface area contributed by atoms with Gasteiger partial charge in [-0.3, -0.25) is 9.56 Å². The Morgan fingerprint density at radius 2 is 2.19 bits per heavy atom. The third-order valence-corrected chi connectivity index (χ3v) is 7.50. The molecule has 0 aliphatic carbocycles. The highest BCUT2D eigenvalue weighted by molar-refractivity contribution is 7.80. The van der Waals surface area contributed by atoms with Gasteiger partial charge in [-0.1, -0.05) is 35.9 Å². The summed E-state index contributed by atoms with van der Waals surface area (Å²) < 4.78 is 2.14. The van der Waals surface area contributed by atoms with Crippen molar-refractivity contribution in [2.45, 2.75) is 26.4 Å². The summed E-state index contributed by atoms with van der Waals surface area (Å²) in [6, 6.07) is 7.91. The minimum atomic E-state index is 0.471. The number of nitrogens with zero attached hydrogens (tertiary/aromatic N) is 5. The SMILES string of the molecule is C=CCNC(=S)N1CCc2c(sc3c2C(c2ccccc2Cl)=NCc2nnc(C)n2-3)C1. The Morgan fingerprint density at radius 1 is 1.35 bits per heavy atom. The smallest absolute Gasteiger partial charge is 0.169 e. The number of thiocarbonyl (C=S) groups is 1. The molecule has 1 aromatic carbocycles. The number of nitrogens with one attached hydrogen (secondary N) is 1. The van der Waals surface area contributed by atoms with Gasteiger partial charge in [0.2, 0.25) is 0 Å². The highest BCUT2D eigenvalue weighted by Crippen LogP contribution is 2.40. The van der Waals surface area contributed by atoms with Crippen LogP contribution in [-0.2, 0) is 19.5 Å². The van der Waals surface area contributed by atoms with Gasteiger partial charge in [0.25, 0.3) is 0 Å². The molecule has 2 aliphatic rings. The molecule has 0 radical (unpaired) electrons. The van der Waals surface area contributed by atoms with Gasteiger partial charge in [-0.2, -0.15) is 0 Å². The minimum absolute atomic E-state index is 0.471. The van der Waals surface area contributed by atoms with Gasteiger partial charge in [-0.25, -0.2) is 0 Å². The van der Waals surface area contributed by atoms with Gasteiger partial charge in [0.15, 0.2) is 10.9 Å². The molecule has 0 spiro atoms. The van der Waals surface area contributed by atoms with E-state index in [0.717, 1.165) is 58.1 Å². The van der Waals surface area contributed by atoms with Crippen molar-refractivity contribution in [2.24, 2.45) is 4.99 Å². The second-order valence-corrected chi connectivity index (χ2v) is 9.35. The van der Waals surface area contributed by atoms with E-state index in [-0.39, 0.29) is 0 Å². The summed E-state index contributed by atoms with van der Waals surface area (Å²) in [5.74, 6) is 1.71. The van der Waals surface area contributed by atoms with E-state index in [1.165, 1.54) is 10.4 Å². The zero-order chi connectivity index (χ0) is 21.5. The monoisotopic (exact) mass is 468 g/mol. The summed E-state index contributed by atoms with van der Waals surface area (Å²) in [6.45, 7) is 8.49. The number of hydrogen-bond acceptors (Lipinski definition) is 5. The molecular weight excluding hydrogens is 448 g/mol. The van der Waals surface area contributed by atoms with Crippen LogP contribution in [0.3, 0.4) is 0 Å². The molecule has 5 rings (SSSR count). The fourth-order valence-corrected chi connectivity index (χ4v) is 6.01. The van der Waals surface area contributed by atoms with E-state index in [1.54, 1.807) is 11.3 Å². The van der Waals surface area contributed by atoms with E-state index >= 15 is 0 Å². The fourth-order valence-electron chi connectivity index (χ4n) is 4.11. The molecule has 3 aromatic rings. The molecule has 0 fully saturated rings. The first-order valence-electron chi connectivity index (χ1n) is 10.1. The number of thiophene rings is 1. The van der Waals surface area contributed by atoms with Crippen LogP contribution in [0.25, 0.3) is 5.00 Å². The first kappa shape index (κ1) is 20.4. The lowest BCUT2D eigenvalue weighted by Crippen LogP contribution is -2.42. The summed E-state index contributed by atoms with van der Waals surface area (Å²) in [7, 11) is 0. The molecule has 2 aliphatic heterocycles. The molecule has 0 atom stereocenters. The molecule has 0 unspecified atom stereocenters. The molecule has 2 aromatic heterocycles. The van der Waals surface area contributed by atoms with Crippen LogP contribution in [-0.4, -0.2) is 43.6 Å². The Morgan fingerprint density at radius 3 is 3.00 bits per heavy atom. The number of aromatic nitrogens is 3. The van der Waals surface area contributed by atoms with Crippen LogP contribution in [0.15, 0.2) is 41.9 Å². The van der Waals surface area contributed by atoms with E-state index in [9.17, 15) is 0 Å². The van der Waals surface area contributed by atoms with Crippen molar-refractivity contribution in [3.8, 4) is 5.00 Å². The normalized spacial score (nSPS) is 14.8. The average Bonchev–Trinajstić information content (AvgIpc) is 3.28. The first-order chi connectivity index (χ1) is 15.1. The number of fused-ring (bicyclic) bond motifs is 5. The molecule has 0 saturated carbocycles. The third kappa shape index (κ3) is 3.48. The molecule has 0 saturated heterocycles. The van der Waals surface area contributed by atoms with Crippen molar-refractivity contribution in [3.05, 3.63) is 75.2 Å². The molecule has 9 heteroatoms. The van der Waals surface area contributed by atoms with Crippen LogP contribution in [0.2, 0.25) is 5.02 Å². The van der Waals surface area contributed by atoms with Gasteiger partial charge >= 0.3 is 0 Å². The predicted octanol–water partition coefficient (Wildman–Crippen LogP) is 4.06. The van der Waals surface area contributed by atoms with Crippen molar-refractivity contribution in [1.82, 2.24) is 25.0 Å². The second-order valence-electron chi connectivity index (χ2n) is 7.47. The van der Waals surface area contributed by atoms with Gasteiger partial charge < -0.3 is 10.2 Å². The molecule has 31 heavy (non-hydrogen) atoms. The van der Waals surface area contributed by atoms with Gasteiger partial charge in [0.1, 0.15) is 17.4 Å². The van der Waals surface area contributed by atoms with Crippen molar-refractivity contribution >= 4 is 46.0 Å². The van der Waals surface area contributed by atoms with E-state index in [1.807, 2.05) is 37.3 Å². The maximum absolute atomic E-state index is 6.60. The Balaban J connectivity index is 1.64. The summed E-state index contributed by atoms with van der Waals surface area (Å²) in [4.78, 5) is 8.48. The summed E-state index contributed by atoms with van der Waals surface area (Å²) in [5.41, 5.74) is 4.36. The minimum Gasteiger partial charge on any atom is -0.359 e. The predicted molar refractivity (Wildman–Crippen MR) is 130 cm³/mol. The van der Waals surface area contributed by atoms with E-state index in [2.05, 4.69) is 31.6 Å². The van der Waals surface area contributed by atoms with Gasteiger partial charge in [0, 0.05) is 34.1 Å². The van der Waals surface area contributed by atoms with Crippen molar-refractivity contribution in [1.29, 1.82) is 0 Å². The number of halogens is 1. The van der Waals surface area contributed by atoms with Crippen LogP contribution >= 0.6 is 35.2 Å².